The summed E-state index contributed by atoms with van der Waals surface area (Å²) in [6, 6.07) is 11.5. The Hall–Kier alpha value is -3.10. The van der Waals surface area contributed by atoms with E-state index in [1.807, 2.05) is 19.9 Å². The minimum atomic E-state index is -1.01. The van der Waals surface area contributed by atoms with E-state index in [1.165, 1.54) is 17.7 Å². The zero-order valence-corrected chi connectivity index (χ0v) is 23.5. The minimum absolute atomic E-state index is 0.0578. The Labute approximate surface area is 236 Å². The lowest BCUT2D eigenvalue weighted by Crippen LogP contribution is -2.67. The first-order valence-electron chi connectivity index (χ1n) is 14.8. The maximum atomic E-state index is 14.2. The topological polar surface area (TPSA) is 113 Å². The number of nitrogens with one attached hydrogen (secondary N) is 1. The number of imide groups is 1. The highest BCUT2D eigenvalue weighted by Gasteiger charge is 2.71. The number of aryl methyl sites for hydroxylation is 1. The molecule has 0 spiro atoms. The molecule has 1 aliphatic heterocycles. The first-order valence-corrected chi connectivity index (χ1v) is 14.8. The summed E-state index contributed by atoms with van der Waals surface area (Å²) in [7, 11) is 0. The molecule has 5 atom stereocenters. The smallest absolute Gasteiger partial charge is 0.324 e. The number of hydrogen-bond acceptors (Lipinski definition) is 6. The van der Waals surface area contributed by atoms with Gasteiger partial charge in [0.2, 0.25) is 5.91 Å². The number of carbonyl (C=O) groups is 2. The normalized spacial score (nSPS) is 31.1. The molecule has 0 radical (unpaired) electrons. The van der Waals surface area contributed by atoms with Gasteiger partial charge in [-0.3, -0.25) is 14.6 Å². The van der Waals surface area contributed by atoms with Crippen molar-refractivity contribution in [2.75, 3.05) is 19.6 Å². The van der Waals surface area contributed by atoms with Gasteiger partial charge in [-0.25, -0.2) is 4.79 Å². The number of likely N-dealkylation sites (tertiary alicyclic amines) is 1. The summed E-state index contributed by atoms with van der Waals surface area (Å²) in [5.74, 6) is 0.669. The van der Waals surface area contributed by atoms with Gasteiger partial charge in [0.15, 0.2) is 0 Å². The number of nitrogens with zero attached hydrogens (tertiary/aromatic N) is 2. The van der Waals surface area contributed by atoms with Crippen LogP contribution in [0.3, 0.4) is 0 Å². The van der Waals surface area contributed by atoms with E-state index in [4.69, 9.17) is 0 Å². The van der Waals surface area contributed by atoms with Gasteiger partial charge < -0.3 is 20.6 Å². The van der Waals surface area contributed by atoms with Crippen molar-refractivity contribution in [3.63, 3.8) is 0 Å². The number of fused-ring (bicyclic) bond motifs is 3. The van der Waals surface area contributed by atoms with Crippen LogP contribution in [0.2, 0.25) is 0 Å². The van der Waals surface area contributed by atoms with Crippen molar-refractivity contribution in [1.82, 2.24) is 15.1 Å². The molecular weight excluding hydrogens is 506 g/mol. The first kappa shape index (κ1) is 27.1. The second-order valence-electron chi connectivity index (χ2n) is 12.7. The van der Waals surface area contributed by atoms with Crippen LogP contribution < -0.4 is 5.32 Å². The summed E-state index contributed by atoms with van der Waals surface area (Å²) >= 11 is 0. The molecule has 214 valence electrons. The molecular formula is C32H41N3O5. The number of aliphatic hydroxyl groups is 1. The zero-order valence-electron chi connectivity index (χ0n) is 23.5. The fourth-order valence-corrected chi connectivity index (χ4v) is 8.12. The molecule has 5 unspecified atom stereocenters. The minimum Gasteiger partial charge on any atom is -0.508 e. The van der Waals surface area contributed by atoms with Crippen molar-refractivity contribution in [3.05, 3.63) is 59.2 Å². The maximum absolute atomic E-state index is 14.2. The molecule has 4 fully saturated rings. The highest BCUT2D eigenvalue weighted by Crippen LogP contribution is 2.64. The van der Waals surface area contributed by atoms with E-state index >= 15 is 0 Å². The number of phenols is 2. The van der Waals surface area contributed by atoms with Crippen molar-refractivity contribution in [2.24, 2.45) is 17.8 Å². The molecule has 3 saturated carbocycles. The van der Waals surface area contributed by atoms with Crippen LogP contribution in [0, 0.1) is 24.7 Å². The Morgan fingerprint density at radius 1 is 1.05 bits per heavy atom. The lowest BCUT2D eigenvalue weighted by atomic mass is 9.57. The van der Waals surface area contributed by atoms with Crippen molar-refractivity contribution < 1.29 is 24.9 Å². The Bertz CT molecular complexity index is 1290. The molecule has 0 aromatic heterocycles. The van der Waals surface area contributed by atoms with Gasteiger partial charge in [0.1, 0.15) is 11.5 Å². The molecule has 0 bridgehead atoms. The second kappa shape index (κ2) is 10.1. The molecule has 1 saturated heterocycles. The Morgan fingerprint density at radius 2 is 1.77 bits per heavy atom. The van der Waals surface area contributed by atoms with E-state index in [9.17, 15) is 24.9 Å². The molecule has 4 N–H and O–H groups in total. The lowest BCUT2D eigenvalue weighted by molar-refractivity contribution is -0.151. The molecule has 6 rings (SSSR count). The van der Waals surface area contributed by atoms with Gasteiger partial charge in [0.05, 0.1) is 12.1 Å². The summed E-state index contributed by atoms with van der Waals surface area (Å²) < 4.78 is 0. The average Bonchev–Trinajstić information content (AvgIpc) is 3.71. The molecule has 3 aliphatic carbocycles. The summed E-state index contributed by atoms with van der Waals surface area (Å²) in [5.41, 5.74) is 0.986. The third-order valence-electron chi connectivity index (χ3n) is 10.1. The number of hydrogen-bond donors (Lipinski definition) is 4. The number of benzene rings is 2. The zero-order chi connectivity index (χ0) is 28.2. The van der Waals surface area contributed by atoms with Gasteiger partial charge in [0.25, 0.3) is 0 Å². The van der Waals surface area contributed by atoms with Gasteiger partial charge in [-0.2, -0.15) is 0 Å². The third-order valence-corrected chi connectivity index (χ3v) is 10.1. The van der Waals surface area contributed by atoms with Gasteiger partial charge in [-0.05, 0) is 105 Å². The van der Waals surface area contributed by atoms with Crippen LogP contribution in [0.15, 0.2) is 42.5 Å². The second-order valence-corrected chi connectivity index (χ2v) is 12.7. The van der Waals surface area contributed by atoms with Gasteiger partial charge in [-0.15, -0.1) is 0 Å². The molecule has 3 amide bonds. The van der Waals surface area contributed by atoms with Crippen molar-refractivity contribution >= 4 is 11.9 Å². The third kappa shape index (κ3) is 4.45. The fourth-order valence-electron chi connectivity index (χ4n) is 8.12. The number of urea groups is 1. The van der Waals surface area contributed by atoms with E-state index in [0.29, 0.717) is 31.7 Å². The average molecular weight is 548 g/mol. The molecule has 8 heteroatoms. The van der Waals surface area contributed by atoms with E-state index in [1.54, 1.807) is 36.4 Å². The predicted molar refractivity (Wildman–Crippen MR) is 151 cm³/mol. The predicted octanol–water partition coefficient (Wildman–Crippen LogP) is 4.05. The molecule has 4 aliphatic rings. The molecule has 40 heavy (non-hydrogen) atoms. The van der Waals surface area contributed by atoms with Crippen LogP contribution in [0.5, 0.6) is 11.5 Å². The van der Waals surface area contributed by atoms with E-state index in [0.717, 1.165) is 42.1 Å². The standard InChI is InChI=1S/C32H41N3O5/c1-3-33-30(39)35(18-22-7-10-25(36)11-8-22)29(38)23-12-13-32(40)28-24(19-34(28)17-21-5-6-21)16-31(32,15-23)27-14-26(37)9-4-20(27)2/h4,7-11,14,21,23-24,28,36-37,40H,3,5-6,12-13,15-19H2,1-2H3,(H,33,39). The number of rotatable bonds is 7. The van der Waals surface area contributed by atoms with Crippen molar-refractivity contribution in [2.45, 2.75) is 76.0 Å². The van der Waals surface area contributed by atoms with Crippen molar-refractivity contribution in [1.29, 1.82) is 0 Å². The largest absolute Gasteiger partial charge is 0.508 e. The highest BCUT2D eigenvalue weighted by molar-refractivity contribution is 5.95. The summed E-state index contributed by atoms with van der Waals surface area (Å²) in [5, 5.41) is 35.7. The number of carbonyl (C=O) groups excluding carboxylic acids is 2. The van der Waals surface area contributed by atoms with E-state index in [-0.39, 0.29) is 30.0 Å². The first-order chi connectivity index (χ1) is 19.1. The Kier molecular flexibility index (Phi) is 6.82. The van der Waals surface area contributed by atoms with E-state index < -0.39 is 23.0 Å². The van der Waals surface area contributed by atoms with Crippen LogP contribution in [-0.4, -0.2) is 68.3 Å². The molecule has 1 heterocycles. The van der Waals surface area contributed by atoms with E-state index in [2.05, 4.69) is 10.2 Å². The molecule has 8 nitrogen and oxygen atoms in total. The van der Waals surface area contributed by atoms with Crippen LogP contribution in [0.25, 0.3) is 0 Å². The van der Waals surface area contributed by atoms with Crippen molar-refractivity contribution in [3.8, 4) is 11.5 Å². The van der Waals surface area contributed by atoms with Gasteiger partial charge in [-0.1, -0.05) is 18.2 Å². The number of aromatic hydroxyl groups is 2. The van der Waals surface area contributed by atoms with Gasteiger partial charge in [0, 0.05) is 37.0 Å². The molecule has 2 aromatic rings. The summed E-state index contributed by atoms with van der Waals surface area (Å²) in [6.07, 6.45) is 4.70. The number of amides is 3. The monoisotopic (exact) mass is 547 g/mol. The van der Waals surface area contributed by atoms with Crippen LogP contribution >= 0.6 is 0 Å². The van der Waals surface area contributed by atoms with Crippen LogP contribution in [0.1, 0.15) is 62.1 Å². The van der Waals surface area contributed by atoms with Crippen LogP contribution in [-0.2, 0) is 16.8 Å². The number of phenolic OH excluding ortho intramolecular Hbond substituents is 2. The Balaban J connectivity index is 1.34. The van der Waals surface area contributed by atoms with Gasteiger partial charge >= 0.3 is 6.03 Å². The Morgan fingerprint density at radius 3 is 2.48 bits per heavy atom. The highest BCUT2D eigenvalue weighted by atomic mass is 16.3. The molecule has 2 aromatic carbocycles. The lowest BCUT2D eigenvalue weighted by Gasteiger charge is -2.56. The quantitative estimate of drug-likeness (QED) is 0.416. The summed E-state index contributed by atoms with van der Waals surface area (Å²) in [4.78, 5) is 31.1. The maximum Gasteiger partial charge on any atom is 0.324 e. The summed E-state index contributed by atoms with van der Waals surface area (Å²) in [6.45, 7) is 6.33. The van der Waals surface area contributed by atoms with Crippen LogP contribution in [0.4, 0.5) is 4.79 Å². The SMILES string of the molecule is CCNC(=O)N(Cc1ccc(O)cc1)C(=O)C1CCC2(O)C3C(CN3CC3CC3)CC2(c2cc(O)ccc2C)C1. The fraction of sp³-hybridized carbons (Fsp3) is 0.562.